The number of furan rings is 1. The van der Waals surface area contributed by atoms with Gasteiger partial charge < -0.3 is 4.42 Å². The Kier molecular flexibility index (Phi) is 4.58. The number of para-hydroxylation sites is 1. The molecule has 0 aliphatic heterocycles. The van der Waals surface area contributed by atoms with Crippen LogP contribution in [0.4, 0.5) is 0 Å². The molecule has 6 rings (SSSR count). The van der Waals surface area contributed by atoms with Gasteiger partial charge >= 0.3 is 0 Å². The van der Waals surface area contributed by atoms with Crippen molar-refractivity contribution in [3.63, 3.8) is 0 Å². The predicted molar refractivity (Wildman–Crippen MR) is 133 cm³/mol. The van der Waals surface area contributed by atoms with Crippen LogP contribution < -0.4 is 0 Å². The Labute approximate surface area is 193 Å². The molecule has 152 valence electrons. The van der Waals surface area contributed by atoms with Crippen LogP contribution in [0.2, 0.25) is 0 Å². The van der Waals surface area contributed by atoms with Crippen LogP contribution in [0.25, 0.3) is 55.8 Å². The van der Waals surface area contributed by atoms with Crippen molar-refractivity contribution in [3.8, 4) is 33.8 Å². The highest BCUT2D eigenvalue weighted by Gasteiger charge is 2.17. The molecule has 0 aliphatic rings. The van der Waals surface area contributed by atoms with Gasteiger partial charge in [-0.15, -0.1) is 0 Å². The lowest BCUT2D eigenvalue weighted by Crippen LogP contribution is -1.93. The number of hydrogen-bond acceptors (Lipinski definition) is 3. The van der Waals surface area contributed by atoms with Gasteiger partial charge in [0, 0.05) is 21.0 Å². The summed E-state index contributed by atoms with van der Waals surface area (Å²) in [6.07, 6.45) is 0. The Morgan fingerprint density at radius 3 is 2.12 bits per heavy atom. The molecule has 0 saturated carbocycles. The van der Waals surface area contributed by atoms with E-state index in [-0.39, 0.29) is 0 Å². The third-order valence-electron chi connectivity index (χ3n) is 5.57. The highest BCUT2D eigenvalue weighted by Crippen LogP contribution is 2.35. The Hall–Kier alpha value is -3.76. The molecule has 0 unspecified atom stereocenters. The van der Waals surface area contributed by atoms with Gasteiger partial charge in [-0.2, -0.15) is 0 Å². The Morgan fingerprint density at radius 2 is 1.31 bits per heavy atom. The summed E-state index contributed by atoms with van der Waals surface area (Å²) in [6, 6.07) is 34.8. The fourth-order valence-corrected chi connectivity index (χ4v) is 4.39. The van der Waals surface area contributed by atoms with Crippen LogP contribution >= 0.6 is 15.9 Å². The minimum Gasteiger partial charge on any atom is -0.452 e. The Balaban J connectivity index is 1.54. The van der Waals surface area contributed by atoms with Crippen LogP contribution in [-0.4, -0.2) is 9.97 Å². The lowest BCUT2D eigenvalue weighted by molar-refractivity contribution is 0.667. The first-order chi connectivity index (χ1) is 15.8. The molecule has 6 aromatic rings. The highest BCUT2D eigenvalue weighted by atomic mass is 79.9. The van der Waals surface area contributed by atoms with E-state index >= 15 is 0 Å². The lowest BCUT2D eigenvalue weighted by Gasteiger charge is -2.07. The molecule has 0 spiro atoms. The second-order valence-electron chi connectivity index (χ2n) is 7.63. The molecule has 2 heterocycles. The molecule has 4 aromatic carbocycles. The van der Waals surface area contributed by atoms with E-state index in [9.17, 15) is 0 Å². The molecular weight excluding hydrogens is 460 g/mol. The van der Waals surface area contributed by atoms with Crippen molar-refractivity contribution in [3.05, 3.63) is 108 Å². The third kappa shape index (κ3) is 3.29. The Morgan fingerprint density at radius 1 is 0.594 bits per heavy atom. The standard InChI is InChI=1S/C28H17BrN2O/c29-22-10-6-9-21(17-22)18-13-15-20(16-14-18)28-30-25(19-7-2-1-3-8-19)27-26(31-28)23-11-4-5-12-24(23)32-27/h1-17H. The van der Waals surface area contributed by atoms with E-state index in [1.165, 1.54) is 0 Å². The van der Waals surface area contributed by atoms with Crippen molar-refractivity contribution in [1.29, 1.82) is 0 Å². The second kappa shape index (κ2) is 7.74. The van der Waals surface area contributed by atoms with Crippen molar-refractivity contribution in [2.24, 2.45) is 0 Å². The van der Waals surface area contributed by atoms with Crippen LogP contribution in [-0.2, 0) is 0 Å². The van der Waals surface area contributed by atoms with Gasteiger partial charge in [-0.3, -0.25) is 0 Å². The summed E-state index contributed by atoms with van der Waals surface area (Å²) in [5, 5.41) is 0.995. The second-order valence-corrected chi connectivity index (χ2v) is 8.54. The van der Waals surface area contributed by atoms with Crippen molar-refractivity contribution in [2.45, 2.75) is 0 Å². The molecule has 2 aromatic heterocycles. The zero-order chi connectivity index (χ0) is 21.5. The first-order valence-electron chi connectivity index (χ1n) is 10.4. The molecule has 32 heavy (non-hydrogen) atoms. The molecule has 4 heteroatoms. The number of fused-ring (bicyclic) bond motifs is 3. The van der Waals surface area contributed by atoms with Gasteiger partial charge in [0.05, 0.1) is 0 Å². The van der Waals surface area contributed by atoms with E-state index < -0.39 is 0 Å². The Bertz CT molecular complexity index is 1570. The monoisotopic (exact) mass is 476 g/mol. The molecule has 0 atom stereocenters. The molecule has 3 nitrogen and oxygen atoms in total. The van der Waals surface area contributed by atoms with E-state index in [2.05, 4.69) is 64.5 Å². The first-order valence-corrected chi connectivity index (χ1v) is 11.2. The molecule has 0 amide bonds. The first kappa shape index (κ1) is 19.0. The van der Waals surface area contributed by atoms with Gasteiger partial charge in [0.1, 0.15) is 16.8 Å². The van der Waals surface area contributed by atoms with Crippen molar-refractivity contribution >= 4 is 38.0 Å². The summed E-state index contributed by atoms with van der Waals surface area (Å²) in [5.41, 5.74) is 7.45. The lowest BCUT2D eigenvalue weighted by atomic mass is 10.0. The third-order valence-corrected chi connectivity index (χ3v) is 6.06. The average molecular weight is 477 g/mol. The number of rotatable bonds is 3. The van der Waals surface area contributed by atoms with Crippen molar-refractivity contribution in [2.75, 3.05) is 0 Å². The van der Waals surface area contributed by atoms with Gasteiger partial charge in [-0.05, 0) is 35.4 Å². The average Bonchev–Trinajstić information content (AvgIpc) is 3.23. The number of hydrogen-bond donors (Lipinski definition) is 0. The van der Waals surface area contributed by atoms with Crippen LogP contribution in [0, 0.1) is 0 Å². The van der Waals surface area contributed by atoms with Gasteiger partial charge in [0.25, 0.3) is 0 Å². The van der Waals surface area contributed by atoms with Gasteiger partial charge in [0.15, 0.2) is 11.4 Å². The topological polar surface area (TPSA) is 38.9 Å². The number of halogens is 1. The molecule has 0 saturated heterocycles. The zero-order valence-corrected chi connectivity index (χ0v) is 18.6. The maximum absolute atomic E-state index is 6.19. The predicted octanol–water partition coefficient (Wildman–Crippen LogP) is 8.14. The molecule has 0 aliphatic carbocycles. The smallest absolute Gasteiger partial charge is 0.180 e. The van der Waals surface area contributed by atoms with Crippen LogP contribution in [0.1, 0.15) is 0 Å². The van der Waals surface area contributed by atoms with Gasteiger partial charge in [-0.25, -0.2) is 9.97 Å². The highest BCUT2D eigenvalue weighted by molar-refractivity contribution is 9.10. The summed E-state index contributed by atoms with van der Waals surface area (Å²) in [4.78, 5) is 9.86. The summed E-state index contributed by atoms with van der Waals surface area (Å²) in [6.45, 7) is 0. The van der Waals surface area contributed by atoms with Gasteiger partial charge in [-0.1, -0.05) is 94.8 Å². The van der Waals surface area contributed by atoms with E-state index in [1.807, 2.05) is 54.6 Å². The normalized spacial score (nSPS) is 11.3. The number of nitrogens with zero attached hydrogens (tertiary/aromatic N) is 2. The molecule has 0 bridgehead atoms. The van der Waals surface area contributed by atoms with Crippen LogP contribution in [0.3, 0.4) is 0 Å². The largest absolute Gasteiger partial charge is 0.452 e. The maximum atomic E-state index is 6.19. The quantitative estimate of drug-likeness (QED) is 0.258. The van der Waals surface area contributed by atoms with Crippen molar-refractivity contribution in [1.82, 2.24) is 9.97 Å². The summed E-state index contributed by atoms with van der Waals surface area (Å²) in [7, 11) is 0. The molecule has 0 fully saturated rings. The fraction of sp³-hybridized carbons (Fsp3) is 0. The summed E-state index contributed by atoms with van der Waals surface area (Å²) >= 11 is 3.55. The number of aromatic nitrogens is 2. The zero-order valence-electron chi connectivity index (χ0n) is 17.0. The summed E-state index contributed by atoms with van der Waals surface area (Å²) < 4.78 is 7.25. The van der Waals surface area contributed by atoms with Crippen LogP contribution in [0.15, 0.2) is 112 Å². The SMILES string of the molecule is Brc1cccc(-c2ccc(-c3nc(-c4ccccc4)c4oc5ccccc5c4n3)cc2)c1. The van der Waals surface area contributed by atoms with E-state index in [1.54, 1.807) is 0 Å². The van der Waals surface area contributed by atoms with E-state index in [0.29, 0.717) is 11.4 Å². The van der Waals surface area contributed by atoms with E-state index in [0.717, 1.165) is 48.9 Å². The van der Waals surface area contributed by atoms with Gasteiger partial charge in [0.2, 0.25) is 0 Å². The van der Waals surface area contributed by atoms with Crippen molar-refractivity contribution < 1.29 is 4.42 Å². The van der Waals surface area contributed by atoms with E-state index in [4.69, 9.17) is 14.4 Å². The summed E-state index contributed by atoms with van der Waals surface area (Å²) in [5.74, 6) is 0.684. The fourth-order valence-electron chi connectivity index (χ4n) is 3.99. The minimum absolute atomic E-state index is 0.684. The number of benzene rings is 4. The molecular formula is C28H17BrN2O. The maximum Gasteiger partial charge on any atom is 0.180 e. The van der Waals surface area contributed by atoms with Crippen LogP contribution in [0.5, 0.6) is 0 Å². The molecule has 0 radical (unpaired) electrons. The molecule has 0 N–H and O–H groups in total. The minimum atomic E-state index is 0.684.